The molecule has 0 aliphatic carbocycles. The van der Waals surface area contributed by atoms with Crippen LogP contribution in [0.5, 0.6) is 0 Å². The zero-order valence-electron chi connectivity index (χ0n) is 11.0. The van der Waals surface area contributed by atoms with Crippen molar-refractivity contribution >= 4 is 33.0 Å². The Morgan fingerprint density at radius 3 is 2.38 bits per heavy atom. The van der Waals surface area contributed by atoms with Crippen LogP contribution in [0, 0.1) is 28.6 Å². The Labute approximate surface area is 135 Å². The van der Waals surface area contributed by atoms with Gasteiger partial charge in [0, 0.05) is 16.8 Å². The SMILES string of the molecule is N#CC(C#N)[C@H](CC(=O)c1cccs1)c1ccc(Br)cc1. The van der Waals surface area contributed by atoms with E-state index in [9.17, 15) is 4.79 Å². The highest BCUT2D eigenvalue weighted by atomic mass is 79.9. The predicted octanol–water partition coefficient (Wildman–Crippen LogP) is 4.53. The van der Waals surface area contributed by atoms with Gasteiger partial charge in [-0.25, -0.2) is 0 Å². The number of rotatable bonds is 5. The van der Waals surface area contributed by atoms with Gasteiger partial charge in [-0.15, -0.1) is 11.3 Å². The second-order valence-electron chi connectivity index (χ2n) is 4.50. The Hall–Kier alpha value is -1.95. The fraction of sp³-hybridized carbons (Fsp3) is 0.188. The summed E-state index contributed by atoms with van der Waals surface area (Å²) < 4.78 is 0.917. The summed E-state index contributed by atoms with van der Waals surface area (Å²) in [6.07, 6.45) is 0.161. The fourth-order valence-corrected chi connectivity index (χ4v) is 3.02. The number of carbonyl (C=O) groups is 1. The van der Waals surface area contributed by atoms with Crippen molar-refractivity contribution < 1.29 is 4.79 Å². The summed E-state index contributed by atoms with van der Waals surface area (Å²) in [5.41, 5.74) is 0.830. The quantitative estimate of drug-likeness (QED) is 0.737. The Morgan fingerprint density at radius 1 is 1.19 bits per heavy atom. The highest BCUT2D eigenvalue weighted by molar-refractivity contribution is 9.10. The van der Waals surface area contributed by atoms with E-state index in [2.05, 4.69) is 15.9 Å². The molecule has 0 unspecified atom stereocenters. The van der Waals surface area contributed by atoms with Gasteiger partial charge in [-0.05, 0) is 29.1 Å². The van der Waals surface area contributed by atoms with Gasteiger partial charge in [-0.2, -0.15) is 10.5 Å². The van der Waals surface area contributed by atoms with Crippen molar-refractivity contribution in [3.8, 4) is 12.1 Å². The standard InChI is InChI=1S/C16H11BrN2OS/c17-13-5-3-11(4-6-13)14(12(9-18)10-19)8-15(20)16-2-1-7-21-16/h1-7,12,14H,8H2/t14-/m1/s1. The molecule has 1 heterocycles. The molecule has 104 valence electrons. The third-order valence-electron chi connectivity index (χ3n) is 3.18. The number of nitrogens with zero attached hydrogens (tertiary/aromatic N) is 2. The van der Waals surface area contributed by atoms with Crippen LogP contribution >= 0.6 is 27.3 Å². The third kappa shape index (κ3) is 3.78. The average Bonchev–Trinajstić information content (AvgIpc) is 3.02. The van der Waals surface area contributed by atoms with Gasteiger partial charge in [0.05, 0.1) is 17.0 Å². The number of hydrogen-bond acceptors (Lipinski definition) is 4. The first kappa shape index (κ1) is 15.4. The predicted molar refractivity (Wildman–Crippen MR) is 84.9 cm³/mol. The highest BCUT2D eigenvalue weighted by Crippen LogP contribution is 2.30. The zero-order chi connectivity index (χ0) is 15.2. The van der Waals surface area contributed by atoms with Crippen molar-refractivity contribution in [2.24, 2.45) is 5.92 Å². The average molecular weight is 359 g/mol. The molecular formula is C16H11BrN2OS. The molecule has 1 aromatic carbocycles. The van der Waals surface area contributed by atoms with Crippen molar-refractivity contribution in [3.05, 3.63) is 56.7 Å². The van der Waals surface area contributed by atoms with Crippen LogP contribution in [0.1, 0.15) is 27.6 Å². The summed E-state index contributed by atoms with van der Waals surface area (Å²) in [5.74, 6) is -1.29. The molecule has 0 fully saturated rings. The summed E-state index contributed by atoms with van der Waals surface area (Å²) in [5, 5.41) is 20.2. The molecule has 0 amide bonds. The first-order valence-corrected chi connectivity index (χ1v) is 7.94. The minimum atomic E-state index is -0.838. The maximum absolute atomic E-state index is 12.3. The maximum atomic E-state index is 12.3. The number of ketones is 1. The smallest absolute Gasteiger partial charge is 0.173 e. The monoisotopic (exact) mass is 358 g/mol. The molecule has 0 N–H and O–H groups in total. The number of thiophene rings is 1. The second-order valence-corrected chi connectivity index (χ2v) is 6.36. The van der Waals surface area contributed by atoms with Crippen molar-refractivity contribution in [2.45, 2.75) is 12.3 Å². The third-order valence-corrected chi connectivity index (χ3v) is 4.62. The Bertz CT molecular complexity index is 681. The van der Waals surface area contributed by atoms with Crippen LogP contribution in [0.25, 0.3) is 0 Å². The molecule has 0 saturated carbocycles. The lowest BCUT2D eigenvalue weighted by atomic mass is 9.83. The molecule has 1 atom stereocenters. The van der Waals surface area contributed by atoms with E-state index >= 15 is 0 Å². The van der Waals surface area contributed by atoms with Crippen LogP contribution in [-0.4, -0.2) is 5.78 Å². The molecule has 0 radical (unpaired) electrons. The van der Waals surface area contributed by atoms with Gasteiger partial charge in [0.1, 0.15) is 5.92 Å². The van der Waals surface area contributed by atoms with Crippen LogP contribution in [-0.2, 0) is 0 Å². The van der Waals surface area contributed by atoms with Crippen LogP contribution in [0.15, 0.2) is 46.3 Å². The lowest BCUT2D eigenvalue weighted by Crippen LogP contribution is -2.14. The Balaban J connectivity index is 2.29. The van der Waals surface area contributed by atoms with E-state index < -0.39 is 11.8 Å². The van der Waals surface area contributed by atoms with E-state index in [0.29, 0.717) is 4.88 Å². The normalized spacial score (nSPS) is 11.6. The van der Waals surface area contributed by atoms with Crippen molar-refractivity contribution in [1.82, 2.24) is 0 Å². The molecule has 0 saturated heterocycles. The molecule has 2 aromatic rings. The van der Waals surface area contributed by atoms with Crippen molar-refractivity contribution in [3.63, 3.8) is 0 Å². The van der Waals surface area contributed by atoms with Crippen molar-refractivity contribution in [2.75, 3.05) is 0 Å². The molecule has 5 heteroatoms. The number of Topliss-reactive ketones (excluding diaryl/α,β-unsaturated/α-hetero) is 1. The summed E-state index contributed by atoms with van der Waals surface area (Å²) in [4.78, 5) is 12.9. The van der Waals surface area contributed by atoms with Crippen LogP contribution in [0.4, 0.5) is 0 Å². The molecular weight excluding hydrogens is 348 g/mol. The van der Waals surface area contributed by atoms with Gasteiger partial charge in [0.15, 0.2) is 5.78 Å². The maximum Gasteiger partial charge on any atom is 0.173 e. The molecule has 0 aliphatic heterocycles. The van der Waals surface area contributed by atoms with E-state index in [4.69, 9.17) is 10.5 Å². The summed E-state index contributed by atoms with van der Waals surface area (Å²) >= 11 is 4.73. The first-order chi connectivity index (χ1) is 10.2. The molecule has 1 aromatic heterocycles. The molecule has 21 heavy (non-hydrogen) atoms. The van der Waals surface area contributed by atoms with Crippen LogP contribution in [0.3, 0.4) is 0 Å². The number of halogens is 1. The van der Waals surface area contributed by atoms with Gasteiger partial charge >= 0.3 is 0 Å². The molecule has 3 nitrogen and oxygen atoms in total. The van der Waals surface area contributed by atoms with Gasteiger partial charge < -0.3 is 0 Å². The lowest BCUT2D eigenvalue weighted by molar-refractivity contribution is 0.0975. The van der Waals surface area contributed by atoms with E-state index in [1.165, 1.54) is 11.3 Å². The van der Waals surface area contributed by atoms with E-state index in [1.54, 1.807) is 6.07 Å². The largest absolute Gasteiger partial charge is 0.293 e. The summed E-state index contributed by atoms with van der Waals surface area (Å²) in [7, 11) is 0. The topological polar surface area (TPSA) is 64.7 Å². The zero-order valence-corrected chi connectivity index (χ0v) is 13.4. The molecule has 2 rings (SSSR count). The Kier molecular flexibility index (Phi) is 5.27. The number of carbonyl (C=O) groups excluding carboxylic acids is 1. The van der Waals surface area contributed by atoms with Gasteiger partial charge in [0.25, 0.3) is 0 Å². The summed E-state index contributed by atoms with van der Waals surface area (Å²) in [6.45, 7) is 0. The van der Waals surface area contributed by atoms with Gasteiger partial charge in [-0.3, -0.25) is 4.79 Å². The van der Waals surface area contributed by atoms with E-state index in [1.807, 2.05) is 47.9 Å². The molecule has 0 aliphatic rings. The number of nitriles is 2. The summed E-state index contributed by atoms with van der Waals surface area (Å²) in [6, 6.07) is 15.0. The minimum absolute atomic E-state index is 0.0339. The molecule has 0 bridgehead atoms. The number of hydrogen-bond donors (Lipinski definition) is 0. The number of benzene rings is 1. The van der Waals surface area contributed by atoms with Crippen LogP contribution < -0.4 is 0 Å². The minimum Gasteiger partial charge on any atom is -0.293 e. The Morgan fingerprint density at radius 2 is 1.86 bits per heavy atom. The highest BCUT2D eigenvalue weighted by Gasteiger charge is 2.26. The van der Waals surface area contributed by atoms with E-state index in [0.717, 1.165) is 10.0 Å². The van der Waals surface area contributed by atoms with Crippen molar-refractivity contribution in [1.29, 1.82) is 10.5 Å². The fourth-order valence-electron chi connectivity index (χ4n) is 2.08. The van der Waals surface area contributed by atoms with Crippen LogP contribution in [0.2, 0.25) is 0 Å². The molecule has 0 spiro atoms. The first-order valence-electron chi connectivity index (χ1n) is 6.27. The van der Waals surface area contributed by atoms with E-state index in [-0.39, 0.29) is 12.2 Å². The second kappa shape index (κ2) is 7.17. The lowest BCUT2D eigenvalue weighted by Gasteiger charge is -2.17. The van der Waals surface area contributed by atoms with Gasteiger partial charge in [-0.1, -0.05) is 34.1 Å². The van der Waals surface area contributed by atoms with Gasteiger partial charge in [0.2, 0.25) is 0 Å².